The number of benzene rings is 2. The Morgan fingerprint density at radius 2 is 1.55 bits per heavy atom. The summed E-state index contributed by atoms with van der Waals surface area (Å²) >= 11 is 0. The molecule has 2 aromatic carbocycles. The highest BCUT2D eigenvalue weighted by atomic mass is 15.5. The summed E-state index contributed by atoms with van der Waals surface area (Å²) in [4.78, 5) is 0. The van der Waals surface area contributed by atoms with Gasteiger partial charge in [-0.3, -0.25) is 5.01 Å². The molecule has 0 aromatic heterocycles. The lowest BCUT2D eigenvalue weighted by Gasteiger charge is -2.25. The molecule has 0 atom stereocenters. The largest absolute Gasteiger partial charge is 0.398 e. The zero-order valence-electron chi connectivity index (χ0n) is 11.0. The minimum atomic E-state index is 0.723. The number of rotatable bonds is 2. The average molecular weight is 264 g/mol. The Kier molecular flexibility index (Phi) is 3.05. The van der Waals surface area contributed by atoms with Crippen molar-refractivity contribution in [3.05, 3.63) is 72.6 Å². The van der Waals surface area contributed by atoms with Gasteiger partial charge in [-0.25, -0.2) is 0 Å². The molecule has 1 aliphatic rings. The van der Waals surface area contributed by atoms with Crippen molar-refractivity contribution in [3.8, 4) is 0 Å². The third-order valence-electron chi connectivity index (χ3n) is 3.23. The van der Waals surface area contributed by atoms with Gasteiger partial charge in [0.25, 0.3) is 0 Å². The predicted octanol–water partition coefficient (Wildman–Crippen LogP) is 2.73. The maximum atomic E-state index is 5.99. The van der Waals surface area contributed by atoms with E-state index in [9.17, 15) is 0 Å². The molecule has 1 heterocycles. The summed E-state index contributed by atoms with van der Waals surface area (Å²) in [6.45, 7) is 0. The van der Waals surface area contributed by atoms with Crippen molar-refractivity contribution < 1.29 is 0 Å². The van der Waals surface area contributed by atoms with E-state index in [0.29, 0.717) is 0 Å². The summed E-state index contributed by atoms with van der Waals surface area (Å²) in [7, 11) is 0. The monoisotopic (exact) mass is 264 g/mol. The predicted molar refractivity (Wildman–Crippen MR) is 84.4 cm³/mol. The van der Waals surface area contributed by atoms with E-state index in [-0.39, 0.29) is 0 Å². The molecule has 2 aromatic rings. The van der Waals surface area contributed by atoms with Gasteiger partial charge in [-0.15, -0.1) is 0 Å². The van der Waals surface area contributed by atoms with Gasteiger partial charge in [-0.2, -0.15) is 0 Å². The zero-order chi connectivity index (χ0) is 13.9. The van der Waals surface area contributed by atoms with Gasteiger partial charge >= 0.3 is 0 Å². The first-order valence-corrected chi connectivity index (χ1v) is 6.39. The zero-order valence-corrected chi connectivity index (χ0v) is 11.0. The van der Waals surface area contributed by atoms with Crippen LogP contribution in [0.15, 0.2) is 67.0 Å². The van der Waals surface area contributed by atoms with Crippen molar-refractivity contribution >= 4 is 22.6 Å². The molecule has 0 radical (unpaired) electrons. The quantitative estimate of drug-likeness (QED) is 0.730. The van der Waals surface area contributed by atoms with Crippen molar-refractivity contribution in [2.24, 2.45) is 0 Å². The van der Waals surface area contributed by atoms with Crippen LogP contribution < -0.4 is 21.9 Å². The fraction of sp³-hybridized carbons (Fsp3) is 0. The van der Waals surface area contributed by atoms with Gasteiger partial charge in [0, 0.05) is 29.2 Å². The summed E-state index contributed by atoms with van der Waals surface area (Å²) in [5.74, 6) is 0. The van der Waals surface area contributed by atoms with E-state index in [1.807, 2.05) is 72.0 Å². The highest BCUT2D eigenvalue weighted by Gasteiger charge is 2.11. The highest BCUT2D eigenvalue weighted by Crippen LogP contribution is 2.27. The van der Waals surface area contributed by atoms with Crippen molar-refractivity contribution in [1.82, 2.24) is 5.43 Å². The first-order valence-electron chi connectivity index (χ1n) is 6.39. The van der Waals surface area contributed by atoms with Crippen molar-refractivity contribution in [2.45, 2.75) is 0 Å². The van der Waals surface area contributed by atoms with Gasteiger partial charge in [0.2, 0.25) is 0 Å². The molecule has 0 saturated carbocycles. The van der Waals surface area contributed by atoms with Crippen LogP contribution in [-0.4, -0.2) is 0 Å². The topological polar surface area (TPSA) is 67.3 Å². The number of allylic oxidation sites excluding steroid dienone is 2. The van der Waals surface area contributed by atoms with Crippen molar-refractivity contribution in [2.75, 3.05) is 16.5 Å². The minimum Gasteiger partial charge on any atom is -0.398 e. The summed E-state index contributed by atoms with van der Waals surface area (Å²) in [5, 5.41) is 1.87. The smallest absolute Gasteiger partial charge is 0.0852 e. The molecule has 20 heavy (non-hydrogen) atoms. The van der Waals surface area contributed by atoms with E-state index in [1.165, 1.54) is 0 Å². The van der Waals surface area contributed by atoms with Gasteiger partial charge in [-0.1, -0.05) is 30.3 Å². The van der Waals surface area contributed by atoms with Crippen LogP contribution in [0.2, 0.25) is 0 Å². The lowest BCUT2D eigenvalue weighted by atomic mass is 10.0. The SMILES string of the molecule is Nc1ccccc1C1=CNN(c2ccccc2N)C=C1. The Labute approximate surface area is 118 Å². The molecule has 4 nitrogen and oxygen atoms in total. The number of para-hydroxylation sites is 3. The molecule has 100 valence electrons. The number of hydrazine groups is 1. The second-order valence-corrected chi connectivity index (χ2v) is 4.56. The van der Waals surface area contributed by atoms with Gasteiger partial charge < -0.3 is 16.9 Å². The Bertz CT molecular complexity index is 688. The van der Waals surface area contributed by atoms with E-state index in [2.05, 4.69) is 5.43 Å². The first-order chi connectivity index (χ1) is 9.75. The van der Waals surface area contributed by atoms with Crippen LogP contribution in [0.3, 0.4) is 0 Å². The molecule has 4 heteroatoms. The average Bonchev–Trinajstić information content (AvgIpc) is 2.49. The van der Waals surface area contributed by atoms with Crippen molar-refractivity contribution in [3.63, 3.8) is 0 Å². The molecule has 0 bridgehead atoms. The molecule has 0 spiro atoms. The van der Waals surface area contributed by atoms with Gasteiger partial charge in [0.15, 0.2) is 0 Å². The first kappa shape index (κ1) is 12.2. The molecule has 0 saturated heterocycles. The Hall–Kier alpha value is -2.88. The number of anilines is 3. The van der Waals surface area contributed by atoms with Crippen molar-refractivity contribution in [1.29, 1.82) is 0 Å². The van der Waals surface area contributed by atoms with Crippen LogP contribution in [-0.2, 0) is 0 Å². The summed E-state index contributed by atoms with van der Waals surface area (Å²) in [6.07, 6.45) is 5.86. The summed E-state index contributed by atoms with van der Waals surface area (Å²) in [6, 6.07) is 15.5. The number of nitrogens with two attached hydrogens (primary N) is 2. The minimum absolute atomic E-state index is 0.723. The lowest BCUT2D eigenvalue weighted by molar-refractivity contribution is 0.873. The number of hydrogen-bond acceptors (Lipinski definition) is 4. The van der Waals surface area contributed by atoms with Crippen LogP contribution in [0.1, 0.15) is 5.56 Å². The van der Waals surface area contributed by atoms with Crippen LogP contribution in [0.25, 0.3) is 5.57 Å². The fourth-order valence-corrected chi connectivity index (χ4v) is 2.17. The van der Waals surface area contributed by atoms with E-state index >= 15 is 0 Å². The Morgan fingerprint density at radius 1 is 0.850 bits per heavy atom. The van der Waals surface area contributed by atoms with Crippen LogP contribution in [0.4, 0.5) is 17.1 Å². The van der Waals surface area contributed by atoms with Crippen LogP contribution >= 0.6 is 0 Å². The molecule has 0 amide bonds. The molecule has 5 N–H and O–H groups in total. The number of hydrogen-bond donors (Lipinski definition) is 3. The number of nitrogen functional groups attached to an aromatic ring is 2. The molecule has 1 aliphatic heterocycles. The van der Waals surface area contributed by atoms with Crippen LogP contribution in [0.5, 0.6) is 0 Å². The summed E-state index contributed by atoms with van der Waals surface area (Å²) in [5.41, 5.74) is 19.6. The lowest BCUT2D eigenvalue weighted by Crippen LogP contribution is -2.31. The highest BCUT2D eigenvalue weighted by molar-refractivity contribution is 5.83. The Morgan fingerprint density at radius 3 is 2.20 bits per heavy atom. The molecular formula is C16H16N4. The molecule has 3 rings (SSSR count). The van der Waals surface area contributed by atoms with Crippen LogP contribution in [0, 0.1) is 0 Å². The molecule has 0 fully saturated rings. The number of nitrogens with one attached hydrogen (secondary N) is 1. The maximum absolute atomic E-state index is 5.99. The third kappa shape index (κ3) is 2.19. The second kappa shape index (κ2) is 5.01. The van der Waals surface area contributed by atoms with Gasteiger partial charge in [0.1, 0.15) is 0 Å². The standard InChI is InChI=1S/C16H16N4/c17-14-6-2-1-5-13(14)12-9-10-20(19-11-12)16-8-4-3-7-15(16)18/h1-11,19H,17-18H2. The van der Waals surface area contributed by atoms with Gasteiger partial charge in [0.05, 0.1) is 11.4 Å². The fourth-order valence-electron chi connectivity index (χ4n) is 2.17. The second-order valence-electron chi connectivity index (χ2n) is 4.56. The normalized spacial score (nSPS) is 13.8. The van der Waals surface area contributed by atoms with E-state index < -0.39 is 0 Å². The molecule has 0 unspecified atom stereocenters. The van der Waals surface area contributed by atoms with Gasteiger partial charge in [-0.05, 0) is 24.3 Å². The maximum Gasteiger partial charge on any atom is 0.0852 e. The molecular weight excluding hydrogens is 248 g/mol. The summed E-state index contributed by atoms with van der Waals surface area (Å²) < 4.78 is 0. The van der Waals surface area contributed by atoms with E-state index in [0.717, 1.165) is 28.2 Å². The molecule has 0 aliphatic carbocycles. The number of nitrogens with zero attached hydrogens (tertiary/aromatic N) is 1. The van der Waals surface area contributed by atoms with E-state index in [4.69, 9.17) is 11.5 Å². The van der Waals surface area contributed by atoms with E-state index in [1.54, 1.807) is 0 Å². The third-order valence-corrected chi connectivity index (χ3v) is 3.23. The Balaban J connectivity index is 1.85.